The topological polar surface area (TPSA) is 57.9 Å². The molecule has 1 rings (SSSR count). The Kier molecular flexibility index (Phi) is 3.05. The van der Waals surface area contributed by atoms with Gasteiger partial charge in [-0.15, -0.1) is 0 Å². The minimum absolute atomic E-state index is 0.0310. The third-order valence-corrected chi connectivity index (χ3v) is 3.50. The van der Waals surface area contributed by atoms with E-state index in [2.05, 4.69) is 0 Å². The lowest BCUT2D eigenvalue weighted by Gasteiger charge is -2.04. The first kappa shape index (κ1) is 11.3. The van der Waals surface area contributed by atoms with Crippen LogP contribution in [0.25, 0.3) is 0 Å². The van der Waals surface area contributed by atoms with Crippen LogP contribution in [0.3, 0.4) is 0 Å². The molecule has 0 fully saturated rings. The summed E-state index contributed by atoms with van der Waals surface area (Å²) in [6.45, 7) is 1.53. The molecule has 0 aliphatic carbocycles. The monoisotopic (exact) mass is 249 g/mol. The van der Waals surface area contributed by atoms with Crippen LogP contribution in [0.15, 0.2) is 17.0 Å². The third kappa shape index (κ3) is 2.18. The van der Waals surface area contributed by atoms with Crippen LogP contribution in [0.1, 0.15) is 11.1 Å². The normalized spacial score (nSPS) is 11.0. The Bertz CT molecular complexity index is 494. The maximum absolute atomic E-state index is 11.1. The van der Waals surface area contributed by atoms with E-state index >= 15 is 0 Å². The number of rotatable bonds is 1. The van der Waals surface area contributed by atoms with E-state index in [0.717, 1.165) is 0 Å². The number of halogens is 2. The van der Waals surface area contributed by atoms with E-state index in [-0.39, 0.29) is 9.92 Å². The lowest BCUT2D eigenvalue weighted by Crippen LogP contribution is -1.96. The highest BCUT2D eigenvalue weighted by molar-refractivity contribution is 8.13. The molecule has 0 saturated heterocycles. The van der Waals surface area contributed by atoms with E-state index in [1.54, 1.807) is 0 Å². The van der Waals surface area contributed by atoms with Gasteiger partial charge in [-0.3, -0.25) is 0 Å². The largest absolute Gasteiger partial charge is 0.263 e. The summed E-state index contributed by atoms with van der Waals surface area (Å²) in [5.74, 6) is 0. The summed E-state index contributed by atoms with van der Waals surface area (Å²) in [5, 5.41) is 8.56. The van der Waals surface area contributed by atoms with Gasteiger partial charge in [-0.25, -0.2) is 8.42 Å². The molecule has 3 nitrogen and oxygen atoms in total. The van der Waals surface area contributed by atoms with Crippen molar-refractivity contribution in [1.29, 1.82) is 5.26 Å². The molecular formula is C8H5Cl2NO2S. The van der Waals surface area contributed by atoms with Crippen LogP contribution < -0.4 is 0 Å². The predicted octanol–water partition coefficient (Wildman–Crippen LogP) is 2.45. The van der Waals surface area contributed by atoms with Crippen LogP contribution in [0.4, 0.5) is 0 Å². The zero-order chi connectivity index (χ0) is 10.9. The Balaban J connectivity index is 3.59. The van der Waals surface area contributed by atoms with Gasteiger partial charge in [0, 0.05) is 10.7 Å². The van der Waals surface area contributed by atoms with Gasteiger partial charge >= 0.3 is 0 Å². The van der Waals surface area contributed by atoms with Gasteiger partial charge in [0.2, 0.25) is 0 Å². The van der Waals surface area contributed by atoms with E-state index < -0.39 is 9.05 Å². The van der Waals surface area contributed by atoms with Crippen molar-refractivity contribution in [3.63, 3.8) is 0 Å². The fraction of sp³-hybridized carbons (Fsp3) is 0.125. The second-order valence-electron chi connectivity index (χ2n) is 2.65. The number of benzene rings is 1. The van der Waals surface area contributed by atoms with E-state index in [0.29, 0.717) is 11.1 Å². The second-order valence-corrected chi connectivity index (χ2v) is 5.56. The highest BCUT2D eigenvalue weighted by Crippen LogP contribution is 2.29. The molecule has 0 N–H and O–H groups in total. The number of nitriles is 1. The first-order chi connectivity index (χ1) is 6.36. The molecule has 0 unspecified atom stereocenters. The zero-order valence-corrected chi connectivity index (χ0v) is 9.41. The van der Waals surface area contributed by atoms with E-state index in [1.807, 2.05) is 6.07 Å². The van der Waals surface area contributed by atoms with Crippen molar-refractivity contribution in [3.8, 4) is 6.07 Å². The summed E-state index contributed by atoms with van der Waals surface area (Å²) in [4.78, 5) is -0.139. The average Bonchev–Trinajstić information content (AvgIpc) is 1.99. The fourth-order valence-corrected chi connectivity index (χ4v) is 3.14. The van der Waals surface area contributed by atoms with Crippen LogP contribution in [-0.2, 0) is 9.05 Å². The maximum atomic E-state index is 11.1. The van der Waals surface area contributed by atoms with Crippen LogP contribution >= 0.6 is 22.3 Å². The molecule has 0 aromatic heterocycles. The van der Waals surface area contributed by atoms with E-state index in [4.69, 9.17) is 27.5 Å². The number of hydrogen-bond donors (Lipinski definition) is 0. The number of aryl methyl sites for hydroxylation is 1. The van der Waals surface area contributed by atoms with Gasteiger partial charge in [-0.05, 0) is 24.6 Å². The standard InChI is InChI=1S/C8H5Cl2NO2S/c1-5-2-6(4-11)3-7(9)8(5)14(10,12)13/h2-3H,1H3. The van der Waals surface area contributed by atoms with Crippen molar-refractivity contribution >= 4 is 31.3 Å². The predicted molar refractivity (Wildman–Crippen MR) is 53.9 cm³/mol. The molecule has 1 aromatic carbocycles. The first-order valence-electron chi connectivity index (χ1n) is 3.51. The van der Waals surface area contributed by atoms with Crippen molar-refractivity contribution in [2.24, 2.45) is 0 Å². The quantitative estimate of drug-likeness (QED) is 0.719. The molecule has 0 aliphatic rings. The van der Waals surface area contributed by atoms with Gasteiger partial charge in [0.15, 0.2) is 0 Å². The SMILES string of the molecule is Cc1cc(C#N)cc(Cl)c1S(=O)(=O)Cl. The molecule has 0 saturated carbocycles. The van der Waals surface area contributed by atoms with Crippen molar-refractivity contribution < 1.29 is 8.42 Å². The maximum Gasteiger partial charge on any atom is 0.263 e. The van der Waals surface area contributed by atoms with Gasteiger partial charge < -0.3 is 0 Å². The highest BCUT2D eigenvalue weighted by Gasteiger charge is 2.18. The van der Waals surface area contributed by atoms with Crippen LogP contribution in [-0.4, -0.2) is 8.42 Å². The van der Waals surface area contributed by atoms with Crippen LogP contribution in [0.5, 0.6) is 0 Å². The molecule has 0 atom stereocenters. The summed E-state index contributed by atoms with van der Waals surface area (Å²) in [6.07, 6.45) is 0. The molecule has 0 bridgehead atoms. The van der Waals surface area contributed by atoms with E-state index in [1.165, 1.54) is 19.1 Å². The summed E-state index contributed by atoms with van der Waals surface area (Å²) in [6, 6.07) is 4.55. The summed E-state index contributed by atoms with van der Waals surface area (Å²) in [7, 11) is 1.31. The lowest BCUT2D eigenvalue weighted by atomic mass is 10.1. The van der Waals surface area contributed by atoms with Gasteiger partial charge in [-0.1, -0.05) is 11.6 Å². The molecule has 74 valence electrons. The minimum atomic E-state index is -3.86. The van der Waals surface area contributed by atoms with Crippen molar-refractivity contribution in [1.82, 2.24) is 0 Å². The van der Waals surface area contributed by atoms with E-state index in [9.17, 15) is 8.42 Å². The van der Waals surface area contributed by atoms with Gasteiger partial charge in [0.1, 0.15) is 4.90 Å². The molecule has 1 aromatic rings. The molecule has 0 heterocycles. The average molecular weight is 250 g/mol. The smallest absolute Gasteiger partial charge is 0.207 e. The van der Waals surface area contributed by atoms with Crippen molar-refractivity contribution in [3.05, 3.63) is 28.3 Å². The Morgan fingerprint density at radius 1 is 1.43 bits per heavy atom. The Labute approximate surface area is 91.3 Å². The summed E-state index contributed by atoms with van der Waals surface area (Å²) >= 11 is 5.68. The molecule has 6 heteroatoms. The Morgan fingerprint density at radius 3 is 2.36 bits per heavy atom. The molecule has 0 amide bonds. The molecule has 0 radical (unpaired) electrons. The fourth-order valence-electron chi connectivity index (χ4n) is 1.10. The molecule has 14 heavy (non-hydrogen) atoms. The molecular weight excluding hydrogens is 245 g/mol. The van der Waals surface area contributed by atoms with Gasteiger partial charge in [0.05, 0.1) is 16.7 Å². The van der Waals surface area contributed by atoms with Gasteiger partial charge in [0.25, 0.3) is 9.05 Å². The third-order valence-electron chi connectivity index (χ3n) is 1.60. The van der Waals surface area contributed by atoms with Crippen LogP contribution in [0, 0.1) is 18.3 Å². The highest BCUT2D eigenvalue weighted by atomic mass is 35.7. The summed E-state index contributed by atoms with van der Waals surface area (Å²) < 4.78 is 22.1. The van der Waals surface area contributed by atoms with Crippen molar-refractivity contribution in [2.45, 2.75) is 11.8 Å². The van der Waals surface area contributed by atoms with Crippen molar-refractivity contribution in [2.75, 3.05) is 0 Å². The first-order valence-corrected chi connectivity index (χ1v) is 6.20. The molecule has 0 aliphatic heterocycles. The Morgan fingerprint density at radius 2 is 2.00 bits per heavy atom. The van der Waals surface area contributed by atoms with Gasteiger partial charge in [-0.2, -0.15) is 5.26 Å². The summed E-state index contributed by atoms with van der Waals surface area (Å²) in [5.41, 5.74) is 0.667. The molecule has 0 spiro atoms. The minimum Gasteiger partial charge on any atom is -0.207 e. The zero-order valence-electron chi connectivity index (χ0n) is 7.08. The number of hydrogen-bond acceptors (Lipinski definition) is 3. The second kappa shape index (κ2) is 3.77. The van der Waals surface area contributed by atoms with Crippen LogP contribution in [0.2, 0.25) is 5.02 Å². The Hall–Kier alpha value is -0.760. The number of nitrogens with zero attached hydrogens (tertiary/aromatic N) is 1. The lowest BCUT2D eigenvalue weighted by molar-refractivity contribution is 0.609.